The van der Waals surface area contributed by atoms with E-state index in [2.05, 4.69) is 10.3 Å². The van der Waals surface area contributed by atoms with Gasteiger partial charge < -0.3 is 15.2 Å². The van der Waals surface area contributed by atoms with Crippen molar-refractivity contribution in [3.05, 3.63) is 59.8 Å². The molecule has 0 aliphatic carbocycles. The molecule has 0 aliphatic rings. The highest BCUT2D eigenvalue weighted by Crippen LogP contribution is 2.24. The number of ether oxygens (including phenoxy) is 1. The lowest BCUT2D eigenvalue weighted by atomic mass is 9.92. The second-order valence-electron chi connectivity index (χ2n) is 5.27. The lowest BCUT2D eigenvalue weighted by Crippen LogP contribution is -2.32. The molecule has 0 radical (unpaired) electrons. The number of carbonyl (C=O) groups excluding carboxylic acids is 1. The third kappa shape index (κ3) is 4.05. The summed E-state index contributed by atoms with van der Waals surface area (Å²) in [6.45, 7) is 1.94. The fraction of sp³-hybridized carbons (Fsp3) is 0.294. The van der Waals surface area contributed by atoms with Crippen molar-refractivity contribution in [1.82, 2.24) is 10.3 Å². The van der Waals surface area contributed by atoms with Gasteiger partial charge >= 0.3 is 0 Å². The number of rotatable bonds is 6. The van der Waals surface area contributed by atoms with Crippen molar-refractivity contribution in [3.63, 3.8) is 0 Å². The van der Waals surface area contributed by atoms with E-state index in [4.69, 9.17) is 4.74 Å². The Kier molecular flexibility index (Phi) is 5.12. The highest BCUT2D eigenvalue weighted by Gasteiger charge is 2.26. The second-order valence-corrected chi connectivity index (χ2v) is 5.27. The van der Waals surface area contributed by atoms with Crippen LogP contribution >= 0.6 is 0 Å². The van der Waals surface area contributed by atoms with Gasteiger partial charge in [0.05, 0.1) is 19.1 Å². The molecule has 22 heavy (non-hydrogen) atoms. The lowest BCUT2D eigenvalue weighted by molar-refractivity contribution is -0.126. The Hall–Kier alpha value is -2.40. The minimum atomic E-state index is -1.20. The van der Waals surface area contributed by atoms with Gasteiger partial charge in [0, 0.05) is 18.3 Å². The third-order valence-corrected chi connectivity index (χ3v) is 3.42. The van der Waals surface area contributed by atoms with Crippen LogP contribution in [0.15, 0.2) is 48.7 Å². The Morgan fingerprint density at radius 3 is 2.68 bits per heavy atom. The van der Waals surface area contributed by atoms with E-state index in [0.29, 0.717) is 18.0 Å². The molecule has 1 aromatic carbocycles. The molecule has 1 atom stereocenters. The van der Waals surface area contributed by atoms with Crippen LogP contribution in [-0.4, -0.2) is 23.1 Å². The molecule has 2 rings (SSSR count). The largest absolute Gasteiger partial charge is 0.481 e. The fourth-order valence-electron chi connectivity index (χ4n) is 2.21. The van der Waals surface area contributed by atoms with Crippen LogP contribution in [0.4, 0.5) is 0 Å². The first kappa shape index (κ1) is 16.0. The number of pyridine rings is 1. The zero-order valence-electron chi connectivity index (χ0n) is 12.7. The van der Waals surface area contributed by atoms with Crippen molar-refractivity contribution in [2.45, 2.75) is 25.5 Å². The monoisotopic (exact) mass is 300 g/mol. The molecular weight excluding hydrogens is 280 g/mol. The van der Waals surface area contributed by atoms with Crippen LogP contribution in [0.2, 0.25) is 0 Å². The van der Waals surface area contributed by atoms with Gasteiger partial charge in [0.1, 0.15) is 0 Å². The quantitative estimate of drug-likeness (QED) is 0.856. The van der Waals surface area contributed by atoms with Crippen LogP contribution < -0.4 is 10.1 Å². The van der Waals surface area contributed by atoms with E-state index < -0.39 is 5.60 Å². The maximum atomic E-state index is 12.1. The van der Waals surface area contributed by atoms with Crippen molar-refractivity contribution in [2.75, 3.05) is 7.11 Å². The molecule has 5 heteroatoms. The summed E-state index contributed by atoms with van der Waals surface area (Å²) in [7, 11) is 1.54. The number of carbonyl (C=O) groups is 1. The topological polar surface area (TPSA) is 71.5 Å². The Labute approximate surface area is 130 Å². The Morgan fingerprint density at radius 2 is 2.00 bits per heavy atom. The molecule has 1 amide bonds. The third-order valence-electron chi connectivity index (χ3n) is 3.42. The van der Waals surface area contributed by atoms with Crippen LogP contribution in [0, 0.1) is 0 Å². The summed E-state index contributed by atoms with van der Waals surface area (Å²) in [5.74, 6) is 0.248. The summed E-state index contributed by atoms with van der Waals surface area (Å²) < 4.78 is 5.14. The molecule has 1 unspecified atom stereocenters. The van der Waals surface area contributed by atoms with Gasteiger partial charge in [0.15, 0.2) is 0 Å². The minimum absolute atomic E-state index is 0.0143. The maximum Gasteiger partial charge on any atom is 0.223 e. The number of nitrogens with one attached hydrogen (secondary N) is 1. The van der Waals surface area contributed by atoms with Crippen molar-refractivity contribution < 1.29 is 14.6 Å². The molecule has 0 saturated heterocycles. The number of hydrogen-bond acceptors (Lipinski definition) is 4. The van der Waals surface area contributed by atoms with E-state index in [1.165, 1.54) is 7.11 Å². The van der Waals surface area contributed by atoms with E-state index in [1.807, 2.05) is 24.3 Å². The highest BCUT2D eigenvalue weighted by atomic mass is 16.5. The molecular formula is C17H20N2O3. The number of amides is 1. The number of hydrogen-bond donors (Lipinski definition) is 2. The zero-order chi connectivity index (χ0) is 16.0. The summed E-state index contributed by atoms with van der Waals surface area (Å²) in [4.78, 5) is 16.1. The van der Waals surface area contributed by atoms with Gasteiger partial charge in [0.2, 0.25) is 11.8 Å². The van der Waals surface area contributed by atoms with Gasteiger partial charge in [-0.1, -0.05) is 36.4 Å². The SMILES string of the molecule is COc1ncccc1CNC(=O)CC(C)(O)c1ccccc1. The van der Waals surface area contributed by atoms with Gasteiger partial charge in [-0.15, -0.1) is 0 Å². The Bertz CT molecular complexity index is 627. The van der Waals surface area contributed by atoms with E-state index in [1.54, 1.807) is 31.3 Å². The molecule has 1 heterocycles. The first-order chi connectivity index (χ1) is 10.5. The van der Waals surface area contributed by atoms with Crippen LogP contribution in [0.5, 0.6) is 5.88 Å². The summed E-state index contributed by atoms with van der Waals surface area (Å²) in [5.41, 5.74) is 0.298. The van der Waals surface area contributed by atoms with Gasteiger partial charge in [-0.3, -0.25) is 4.79 Å². The van der Waals surface area contributed by atoms with E-state index in [9.17, 15) is 9.90 Å². The number of aliphatic hydroxyl groups is 1. The predicted octanol–water partition coefficient (Wildman–Crippen LogP) is 2.00. The van der Waals surface area contributed by atoms with Gasteiger partial charge in [0.25, 0.3) is 0 Å². The van der Waals surface area contributed by atoms with Crippen LogP contribution in [0.1, 0.15) is 24.5 Å². The zero-order valence-corrected chi connectivity index (χ0v) is 12.7. The van der Waals surface area contributed by atoms with Crippen LogP contribution in [0.3, 0.4) is 0 Å². The average Bonchev–Trinajstić information content (AvgIpc) is 2.53. The van der Waals surface area contributed by atoms with E-state index >= 15 is 0 Å². The molecule has 0 spiro atoms. The van der Waals surface area contributed by atoms with Crippen molar-refractivity contribution in [2.24, 2.45) is 0 Å². The first-order valence-electron chi connectivity index (χ1n) is 7.05. The summed E-state index contributed by atoms with van der Waals surface area (Å²) >= 11 is 0. The lowest BCUT2D eigenvalue weighted by Gasteiger charge is -2.23. The molecule has 0 aliphatic heterocycles. The van der Waals surface area contributed by atoms with Crippen LogP contribution in [0.25, 0.3) is 0 Å². The average molecular weight is 300 g/mol. The van der Waals surface area contributed by atoms with E-state index in [0.717, 1.165) is 5.56 Å². The molecule has 0 saturated carbocycles. The minimum Gasteiger partial charge on any atom is -0.481 e. The molecule has 116 valence electrons. The van der Waals surface area contributed by atoms with Crippen molar-refractivity contribution >= 4 is 5.91 Å². The second kappa shape index (κ2) is 7.04. The normalized spacial score (nSPS) is 13.2. The first-order valence-corrected chi connectivity index (χ1v) is 7.05. The smallest absolute Gasteiger partial charge is 0.223 e. The summed E-state index contributed by atoms with van der Waals surface area (Å²) in [6.07, 6.45) is 1.62. The molecule has 2 N–H and O–H groups in total. The molecule has 5 nitrogen and oxygen atoms in total. The molecule has 0 fully saturated rings. The predicted molar refractivity (Wildman–Crippen MR) is 83.3 cm³/mol. The summed E-state index contributed by atoms with van der Waals surface area (Å²) in [6, 6.07) is 12.8. The van der Waals surface area contributed by atoms with E-state index in [-0.39, 0.29) is 12.3 Å². The van der Waals surface area contributed by atoms with Crippen LogP contribution in [-0.2, 0) is 16.9 Å². The number of methoxy groups -OCH3 is 1. The molecule has 0 bridgehead atoms. The number of benzene rings is 1. The maximum absolute atomic E-state index is 12.1. The van der Waals surface area contributed by atoms with Crippen molar-refractivity contribution in [1.29, 1.82) is 0 Å². The van der Waals surface area contributed by atoms with Gasteiger partial charge in [-0.25, -0.2) is 4.98 Å². The molecule has 2 aromatic rings. The fourth-order valence-corrected chi connectivity index (χ4v) is 2.21. The van der Waals surface area contributed by atoms with Gasteiger partial charge in [-0.2, -0.15) is 0 Å². The number of aromatic nitrogens is 1. The standard InChI is InChI=1S/C17H20N2O3/c1-17(21,14-8-4-3-5-9-14)11-15(20)19-12-13-7-6-10-18-16(13)22-2/h3-10,21H,11-12H2,1-2H3,(H,19,20). The Balaban J connectivity index is 1.96. The Morgan fingerprint density at radius 1 is 1.27 bits per heavy atom. The number of nitrogens with zero attached hydrogens (tertiary/aromatic N) is 1. The van der Waals surface area contributed by atoms with Gasteiger partial charge in [-0.05, 0) is 18.6 Å². The highest BCUT2D eigenvalue weighted by molar-refractivity contribution is 5.77. The van der Waals surface area contributed by atoms with Crippen molar-refractivity contribution in [3.8, 4) is 5.88 Å². The molecule has 1 aromatic heterocycles. The summed E-state index contributed by atoms with van der Waals surface area (Å²) in [5, 5.41) is 13.2.